The number of hydrogen-bond donors (Lipinski definition) is 2. The molecule has 0 aliphatic heterocycles. The topological polar surface area (TPSA) is 67.2 Å². The monoisotopic (exact) mass is 169 g/mol. The fraction of sp³-hybridized carbons (Fsp3) is 0.429. The fourth-order valence-corrected chi connectivity index (χ4v) is 0.698. The lowest BCUT2D eigenvalue weighted by atomic mass is 10.3. The van der Waals surface area contributed by atoms with Gasteiger partial charge in [-0.15, -0.1) is 0 Å². The number of aromatic nitrogens is 1. The normalized spacial score (nSPS) is 9.58. The summed E-state index contributed by atoms with van der Waals surface area (Å²) in [7, 11) is 1.54. The largest absolute Gasteiger partial charge is 0.341 e. The second-order valence-corrected chi connectivity index (χ2v) is 2.43. The summed E-state index contributed by atoms with van der Waals surface area (Å²) in [5.74, 6) is 0.395. The molecule has 5 heteroatoms. The van der Waals surface area contributed by atoms with Crippen molar-refractivity contribution in [2.75, 3.05) is 12.4 Å². The molecule has 2 N–H and O–H groups in total. The van der Waals surface area contributed by atoms with Crippen LogP contribution in [-0.2, 0) is 0 Å². The van der Waals surface area contributed by atoms with Crippen molar-refractivity contribution >= 4 is 11.9 Å². The third kappa shape index (κ3) is 1.55. The molecule has 1 rings (SSSR count). The molecule has 0 aliphatic rings. The van der Waals surface area contributed by atoms with E-state index in [-0.39, 0.29) is 6.03 Å². The first-order chi connectivity index (χ1) is 5.65. The lowest BCUT2D eigenvalue weighted by molar-refractivity contribution is 0.253. The average Bonchev–Trinajstić information content (AvgIpc) is 2.36. The minimum atomic E-state index is -0.311. The molecule has 0 aromatic carbocycles. The summed E-state index contributed by atoms with van der Waals surface area (Å²) in [5.41, 5.74) is 1.63. The Kier molecular flexibility index (Phi) is 2.32. The van der Waals surface area contributed by atoms with E-state index in [2.05, 4.69) is 15.8 Å². The maximum atomic E-state index is 10.8. The second-order valence-electron chi connectivity index (χ2n) is 2.43. The molecular formula is C7H11N3O2. The highest BCUT2D eigenvalue weighted by Crippen LogP contribution is 2.16. The van der Waals surface area contributed by atoms with Gasteiger partial charge in [-0.2, -0.15) is 0 Å². The molecule has 0 spiro atoms. The molecular weight excluding hydrogens is 158 g/mol. The number of amides is 2. The zero-order chi connectivity index (χ0) is 9.14. The van der Waals surface area contributed by atoms with Crippen LogP contribution in [0.2, 0.25) is 0 Å². The predicted octanol–water partition coefficient (Wildman–Crippen LogP) is 1.04. The molecule has 1 aromatic rings. The smallest absolute Gasteiger partial charge is 0.321 e. The molecule has 0 bridgehead atoms. The van der Waals surface area contributed by atoms with Crippen molar-refractivity contribution in [2.45, 2.75) is 13.8 Å². The first-order valence-corrected chi connectivity index (χ1v) is 3.56. The van der Waals surface area contributed by atoms with E-state index < -0.39 is 0 Å². The number of carbonyl (C=O) groups excluding carboxylic acids is 1. The van der Waals surface area contributed by atoms with Gasteiger partial charge in [0.15, 0.2) is 0 Å². The van der Waals surface area contributed by atoms with E-state index >= 15 is 0 Å². The van der Waals surface area contributed by atoms with Gasteiger partial charge >= 0.3 is 6.03 Å². The zero-order valence-electron chi connectivity index (χ0n) is 7.26. The van der Waals surface area contributed by atoms with E-state index in [1.54, 1.807) is 0 Å². The molecule has 0 saturated heterocycles. The van der Waals surface area contributed by atoms with E-state index in [0.717, 1.165) is 11.3 Å². The van der Waals surface area contributed by atoms with E-state index in [0.29, 0.717) is 5.88 Å². The molecule has 5 nitrogen and oxygen atoms in total. The SMILES string of the molecule is CNC(=O)Nc1onc(C)c1C. The third-order valence-electron chi connectivity index (χ3n) is 1.61. The Balaban J connectivity index is 2.76. The molecule has 12 heavy (non-hydrogen) atoms. The maximum Gasteiger partial charge on any atom is 0.321 e. The molecule has 1 aromatic heterocycles. The second kappa shape index (κ2) is 3.25. The Morgan fingerprint density at radius 3 is 2.58 bits per heavy atom. The van der Waals surface area contributed by atoms with Gasteiger partial charge in [0.1, 0.15) is 0 Å². The van der Waals surface area contributed by atoms with Crippen molar-refractivity contribution in [3.8, 4) is 0 Å². The molecule has 1 heterocycles. The molecule has 0 aliphatic carbocycles. The van der Waals surface area contributed by atoms with E-state index in [1.165, 1.54) is 7.05 Å². The lowest BCUT2D eigenvalue weighted by Gasteiger charge is -1.98. The van der Waals surface area contributed by atoms with Crippen LogP contribution in [0, 0.1) is 13.8 Å². The number of nitrogens with zero attached hydrogens (tertiary/aromatic N) is 1. The average molecular weight is 169 g/mol. The highest BCUT2D eigenvalue weighted by atomic mass is 16.5. The van der Waals surface area contributed by atoms with Crippen LogP contribution >= 0.6 is 0 Å². The molecule has 2 amide bonds. The van der Waals surface area contributed by atoms with Gasteiger partial charge in [-0.05, 0) is 13.8 Å². The summed E-state index contributed by atoms with van der Waals surface area (Å²) >= 11 is 0. The Bertz CT molecular complexity index is 293. The van der Waals surface area contributed by atoms with Crippen LogP contribution in [0.5, 0.6) is 0 Å². The van der Waals surface area contributed by atoms with Crippen LogP contribution in [-0.4, -0.2) is 18.2 Å². The molecule has 0 saturated carbocycles. The van der Waals surface area contributed by atoms with Crippen molar-refractivity contribution in [3.05, 3.63) is 11.3 Å². The summed E-state index contributed by atoms with van der Waals surface area (Å²) in [5, 5.41) is 8.60. The van der Waals surface area contributed by atoms with Gasteiger partial charge in [-0.25, -0.2) is 4.79 Å². The summed E-state index contributed by atoms with van der Waals surface area (Å²) in [4.78, 5) is 10.8. The third-order valence-corrected chi connectivity index (χ3v) is 1.61. The highest BCUT2D eigenvalue weighted by molar-refractivity contribution is 5.88. The highest BCUT2D eigenvalue weighted by Gasteiger charge is 2.09. The van der Waals surface area contributed by atoms with Gasteiger partial charge in [-0.1, -0.05) is 5.16 Å². The van der Waals surface area contributed by atoms with Crippen molar-refractivity contribution in [1.82, 2.24) is 10.5 Å². The number of hydrogen-bond acceptors (Lipinski definition) is 3. The zero-order valence-corrected chi connectivity index (χ0v) is 7.26. The number of nitrogens with one attached hydrogen (secondary N) is 2. The van der Waals surface area contributed by atoms with Crippen LogP contribution in [0.25, 0.3) is 0 Å². The number of rotatable bonds is 1. The number of aryl methyl sites for hydroxylation is 1. The standard InChI is InChI=1S/C7H11N3O2/c1-4-5(2)10-12-6(4)9-7(11)8-3/h1-3H3,(H2,8,9,11). The Labute approximate surface area is 70.1 Å². The van der Waals surface area contributed by atoms with E-state index in [9.17, 15) is 4.79 Å². The van der Waals surface area contributed by atoms with Gasteiger partial charge < -0.3 is 9.84 Å². The van der Waals surface area contributed by atoms with Crippen molar-refractivity contribution in [1.29, 1.82) is 0 Å². The predicted molar refractivity (Wildman–Crippen MR) is 44.1 cm³/mol. The van der Waals surface area contributed by atoms with Crippen LogP contribution in [0.1, 0.15) is 11.3 Å². The van der Waals surface area contributed by atoms with Gasteiger partial charge in [0.2, 0.25) is 5.88 Å². The Hall–Kier alpha value is -1.52. The van der Waals surface area contributed by atoms with E-state index in [1.807, 2.05) is 13.8 Å². The number of anilines is 1. The minimum Gasteiger partial charge on any atom is -0.341 e. The molecule has 66 valence electrons. The van der Waals surface area contributed by atoms with Gasteiger partial charge in [0.05, 0.1) is 5.69 Å². The Morgan fingerprint density at radius 1 is 1.50 bits per heavy atom. The van der Waals surface area contributed by atoms with Gasteiger partial charge in [-0.3, -0.25) is 5.32 Å². The number of urea groups is 1. The van der Waals surface area contributed by atoms with Crippen LogP contribution in [0.3, 0.4) is 0 Å². The minimum absolute atomic E-state index is 0.311. The Morgan fingerprint density at radius 2 is 2.17 bits per heavy atom. The molecule has 0 fully saturated rings. The van der Waals surface area contributed by atoms with Gasteiger partial charge in [0, 0.05) is 12.6 Å². The quantitative estimate of drug-likeness (QED) is 0.660. The summed E-state index contributed by atoms with van der Waals surface area (Å²) in [6.45, 7) is 3.64. The summed E-state index contributed by atoms with van der Waals surface area (Å²) in [6, 6.07) is -0.311. The molecule has 0 unspecified atom stereocenters. The van der Waals surface area contributed by atoms with Crippen LogP contribution in [0.15, 0.2) is 4.52 Å². The van der Waals surface area contributed by atoms with Crippen molar-refractivity contribution < 1.29 is 9.32 Å². The number of carbonyl (C=O) groups is 1. The first kappa shape index (κ1) is 8.58. The summed E-state index contributed by atoms with van der Waals surface area (Å²) < 4.78 is 4.85. The lowest BCUT2D eigenvalue weighted by Crippen LogP contribution is -2.24. The van der Waals surface area contributed by atoms with Crippen molar-refractivity contribution in [2.24, 2.45) is 0 Å². The van der Waals surface area contributed by atoms with E-state index in [4.69, 9.17) is 4.52 Å². The van der Waals surface area contributed by atoms with Crippen LogP contribution in [0.4, 0.5) is 10.7 Å². The first-order valence-electron chi connectivity index (χ1n) is 3.56. The maximum absolute atomic E-state index is 10.8. The fourth-order valence-electron chi connectivity index (χ4n) is 0.698. The van der Waals surface area contributed by atoms with Gasteiger partial charge in [0.25, 0.3) is 0 Å². The summed E-state index contributed by atoms with van der Waals surface area (Å²) in [6.07, 6.45) is 0. The molecule has 0 radical (unpaired) electrons. The van der Waals surface area contributed by atoms with Crippen molar-refractivity contribution in [3.63, 3.8) is 0 Å². The van der Waals surface area contributed by atoms with Crippen LogP contribution < -0.4 is 10.6 Å². The molecule has 0 atom stereocenters.